The molecule has 1 saturated carbocycles. The van der Waals surface area contributed by atoms with E-state index in [2.05, 4.69) is 10.1 Å². The lowest BCUT2D eigenvalue weighted by molar-refractivity contribution is -0.274. The van der Waals surface area contributed by atoms with Crippen molar-refractivity contribution < 1.29 is 31.1 Å². The van der Waals surface area contributed by atoms with E-state index >= 15 is 0 Å². The Balaban J connectivity index is 1.69. The van der Waals surface area contributed by atoms with Gasteiger partial charge in [0.05, 0.1) is 4.90 Å². The Bertz CT molecular complexity index is 831. The molecule has 0 atom stereocenters. The molecule has 0 radical (unpaired) electrons. The second-order valence-electron chi connectivity index (χ2n) is 6.55. The van der Waals surface area contributed by atoms with Crippen LogP contribution in [0.4, 0.5) is 13.2 Å². The highest BCUT2D eigenvalue weighted by atomic mass is 32.2. The Morgan fingerprint density at radius 3 is 2.48 bits per heavy atom. The summed E-state index contributed by atoms with van der Waals surface area (Å²) in [5.74, 6) is -0.710. The third-order valence-electron chi connectivity index (χ3n) is 4.24. The number of alkyl halides is 3. The third-order valence-corrected chi connectivity index (χ3v) is 6.10. The highest BCUT2D eigenvalue weighted by Gasteiger charge is 2.32. The van der Waals surface area contributed by atoms with Crippen molar-refractivity contribution in [1.29, 1.82) is 0 Å². The van der Waals surface area contributed by atoms with Crippen molar-refractivity contribution in [3.05, 3.63) is 35.9 Å². The normalized spacial score (nSPS) is 20.5. The molecule has 3 rings (SSSR count). The topological polar surface area (TPSA) is 75.7 Å². The van der Waals surface area contributed by atoms with E-state index in [1.54, 1.807) is 0 Å². The van der Waals surface area contributed by atoms with Gasteiger partial charge in [-0.15, -0.1) is 13.2 Å². The van der Waals surface area contributed by atoms with Crippen LogP contribution in [-0.2, 0) is 14.8 Å². The lowest BCUT2D eigenvalue weighted by Crippen LogP contribution is -2.37. The van der Waals surface area contributed by atoms with Gasteiger partial charge in [0.25, 0.3) is 0 Å². The molecule has 1 heterocycles. The summed E-state index contributed by atoms with van der Waals surface area (Å²) in [6.07, 6.45) is -0.277. The van der Waals surface area contributed by atoms with Crippen LogP contribution in [0, 0.1) is 0 Å². The van der Waals surface area contributed by atoms with Crippen LogP contribution in [-0.4, -0.2) is 44.1 Å². The van der Waals surface area contributed by atoms with Crippen LogP contribution in [0.25, 0.3) is 0 Å². The molecular weight excluding hydrogens is 385 g/mol. The van der Waals surface area contributed by atoms with Crippen molar-refractivity contribution in [2.45, 2.75) is 43.0 Å². The molecule has 1 aliphatic carbocycles. The summed E-state index contributed by atoms with van der Waals surface area (Å²) in [6, 6.07) is 4.30. The standard InChI is InChI=1S/C17H19F3N2O4S/c18-17(19,20)26-14-5-7-15(8-6-14)27(24,25)22-9-1-2-12(11-22)10-16(23)21-13-3-4-13/h5-8,10,13H,1-4,9,11H2,(H,21,23)/b12-10-. The highest BCUT2D eigenvalue weighted by Crippen LogP contribution is 2.27. The number of rotatable bonds is 5. The predicted octanol–water partition coefficient (Wildman–Crippen LogP) is 2.57. The Morgan fingerprint density at radius 2 is 1.89 bits per heavy atom. The van der Waals surface area contributed by atoms with E-state index in [0.29, 0.717) is 18.4 Å². The fraction of sp³-hybridized carbons (Fsp3) is 0.471. The number of hydrogen-bond acceptors (Lipinski definition) is 4. The highest BCUT2D eigenvalue weighted by molar-refractivity contribution is 7.89. The number of amides is 1. The van der Waals surface area contributed by atoms with Crippen LogP contribution in [0.3, 0.4) is 0 Å². The summed E-state index contributed by atoms with van der Waals surface area (Å²) in [4.78, 5) is 11.8. The van der Waals surface area contributed by atoms with Gasteiger partial charge in [0, 0.05) is 25.2 Å². The zero-order valence-corrected chi connectivity index (χ0v) is 15.1. The Labute approximate surface area is 155 Å². The molecule has 1 aliphatic heterocycles. The molecule has 0 bridgehead atoms. The maximum absolute atomic E-state index is 12.7. The van der Waals surface area contributed by atoms with Gasteiger partial charge in [-0.05, 0) is 55.5 Å². The number of sulfonamides is 1. The maximum atomic E-state index is 12.7. The van der Waals surface area contributed by atoms with Gasteiger partial charge in [-0.1, -0.05) is 0 Å². The zero-order valence-electron chi connectivity index (χ0n) is 14.3. The monoisotopic (exact) mass is 404 g/mol. The van der Waals surface area contributed by atoms with Gasteiger partial charge >= 0.3 is 6.36 Å². The first-order chi connectivity index (χ1) is 12.6. The quantitative estimate of drug-likeness (QED) is 0.766. The van der Waals surface area contributed by atoms with E-state index in [1.807, 2.05) is 0 Å². The Hall–Kier alpha value is -2.07. The first kappa shape index (κ1) is 19.7. The minimum atomic E-state index is -4.84. The molecule has 1 aromatic carbocycles. The maximum Gasteiger partial charge on any atom is 0.573 e. The minimum Gasteiger partial charge on any atom is -0.406 e. The number of carbonyl (C=O) groups excluding carboxylic acids is 1. The fourth-order valence-electron chi connectivity index (χ4n) is 2.81. The van der Waals surface area contributed by atoms with Crippen molar-refractivity contribution in [3.63, 3.8) is 0 Å². The van der Waals surface area contributed by atoms with Crippen LogP contribution < -0.4 is 10.1 Å². The number of benzene rings is 1. The Kier molecular flexibility index (Phi) is 5.48. The number of nitrogens with zero attached hydrogens (tertiary/aromatic N) is 1. The van der Waals surface area contributed by atoms with E-state index in [0.717, 1.165) is 37.1 Å². The number of carbonyl (C=O) groups is 1. The van der Waals surface area contributed by atoms with Gasteiger partial charge < -0.3 is 10.1 Å². The molecule has 2 aliphatic rings. The average molecular weight is 404 g/mol. The van der Waals surface area contributed by atoms with Crippen molar-refractivity contribution in [3.8, 4) is 5.75 Å². The van der Waals surface area contributed by atoms with E-state index < -0.39 is 22.1 Å². The molecule has 148 valence electrons. The molecule has 27 heavy (non-hydrogen) atoms. The van der Waals surface area contributed by atoms with E-state index in [-0.39, 0.29) is 29.9 Å². The molecule has 1 amide bonds. The summed E-state index contributed by atoms with van der Waals surface area (Å²) in [7, 11) is -3.88. The van der Waals surface area contributed by atoms with E-state index in [1.165, 1.54) is 10.4 Å². The Morgan fingerprint density at radius 1 is 1.22 bits per heavy atom. The molecule has 1 N–H and O–H groups in total. The van der Waals surface area contributed by atoms with Crippen LogP contribution in [0.15, 0.2) is 40.8 Å². The smallest absolute Gasteiger partial charge is 0.406 e. The largest absolute Gasteiger partial charge is 0.573 e. The summed E-state index contributed by atoms with van der Waals surface area (Å²) in [6.45, 7) is 0.367. The molecule has 10 heteroatoms. The van der Waals surface area contributed by atoms with Gasteiger partial charge in [-0.2, -0.15) is 4.31 Å². The zero-order chi connectivity index (χ0) is 19.7. The molecule has 1 saturated heterocycles. The van der Waals surface area contributed by atoms with Gasteiger partial charge in [0.2, 0.25) is 15.9 Å². The third kappa shape index (κ3) is 5.46. The number of ether oxygens (including phenoxy) is 1. The predicted molar refractivity (Wildman–Crippen MR) is 90.4 cm³/mol. The van der Waals surface area contributed by atoms with Gasteiger partial charge in [-0.25, -0.2) is 8.42 Å². The van der Waals surface area contributed by atoms with Gasteiger partial charge in [-0.3, -0.25) is 4.79 Å². The summed E-state index contributed by atoms with van der Waals surface area (Å²) >= 11 is 0. The summed E-state index contributed by atoms with van der Waals surface area (Å²) < 4.78 is 67.1. The number of nitrogens with one attached hydrogen (secondary N) is 1. The molecule has 2 fully saturated rings. The van der Waals surface area contributed by atoms with Crippen molar-refractivity contribution in [2.24, 2.45) is 0 Å². The van der Waals surface area contributed by atoms with Crippen LogP contribution in [0.1, 0.15) is 25.7 Å². The van der Waals surface area contributed by atoms with Crippen LogP contribution in [0.5, 0.6) is 5.75 Å². The van der Waals surface area contributed by atoms with Crippen LogP contribution in [0.2, 0.25) is 0 Å². The lowest BCUT2D eigenvalue weighted by Gasteiger charge is -2.28. The number of halogens is 3. The second kappa shape index (κ2) is 7.51. The van der Waals surface area contributed by atoms with Gasteiger partial charge in [0.15, 0.2) is 0 Å². The second-order valence-corrected chi connectivity index (χ2v) is 8.48. The van der Waals surface area contributed by atoms with Crippen molar-refractivity contribution in [1.82, 2.24) is 9.62 Å². The molecule has 6 nitrogen and oxygen atoms in total. The number of piperidine rings is 1. The summed E-state index contributed by atoms with van der Waals surface area (Å²) in [5.41, 5.74) is 0.708. The molecular formula is C17H19F3N2O4S. The van der Waals surface area contributed by atoms with Crippen molar-refractivity contribution in [2.75, 3.05) is 13.1 Å². The molecule has 1 aromatic rings. The number of hydrogen-bond donors (Lipinski definition) is 1. The SMILES string of the molecule is O=C(/C=C1/CCCN(S(=O)(=O)c2ccc(OC(F)(F)F)cc2)C1)NC1CC1. The molecule has 0 unspecified atom stereocenters. The van der Waals surface area contributed by atoms with E-state index in [9.17, 15) is 26.4 Å². The van der Waals surface area contributed by atoms with Crippen molar-refractivity contribution >= 4 is 15.9 Å². The van der Waals surface area contributed by atoms with Crippen LogP contribution >= 0.6 is 0 Å². The lowest BCUT2D eigenvalue weighted by atomic mass is 10.1. The van der Waals surface area contributed by atoms with Gasteiger partial charge in [0.1, 0.15) is 5.75 Å². The first-order valence-electron chi connectivity index (χ1n) is 8.49. The summed E-state index contributed by atoms with van der Waals surface area (Å²) in [5, 5.41) is 2.82. The average Bonchev–Trinajstić information content (AvgIpc) is 3.38. The molecule has 0 aromatic heterocycles. The fourth-order valence-corrected chi connectivity index (χ4v) is 4.29. The minimum absolute atomic E-state index is 0.0845. The molecule has 0 spiro atoms. The van der Waals surface area contributed by atoms with E-state index in [4.69, 9.17) is 0 Å². The first-order valence-corrected chi connectivity index (χ1v) is 9.93.